The van der Waals surface area contributed by atoms with Crippen molar-refractivity contribution in [1.29, 1.82) is 0 Å². The second-order valence-corrected chi connectivity index (χ2v) is 7.21. The summed E-state index contributed by atoms with van der Waals surface area (Å²) in [6.07, 6.45) is 14.4. The van der Waals surface area contributed by atoms with E-state index < -0.39 is 0 Å². The summed E-state index contributed by atoms with van der Waals surface area (Å²) in [5, 5.41) is 0. The maximum atomic E-state index is 4.58. The Hall–Kier alpha value is -0.975. The van der Waals surface area contributed by atoms with Crippen LogP contribution in [-0.2, 0) is 0 Å². The topological polar surface area (TPSA) is 0 Å². The zero-order valence-electron chi connectivity index (χ0n) is 13.4. The van der Waals surface area contributed by atoms with E-state index in [0.29, 0.717) is 0 Å². The normalized spacial score (nSPS) is 21.1. The summed E-state index contributed by atoms with van der Waals surface area (Å²) >= 11 is 0. The van der Waals surface area contributed by atoms with Crippen molar-refractivity contribution < 1.29 is 0 Å². The van der Waals surface area contributed by atoms with Gasteiger partial charge >= 0.3 is 0 Å². The zero-order valence-corrected chi connectivity index (χ0v) is 13.4. The third kappa shape index (κ3) is 3.62. The largest absolute Gasteiger partial charge is 0.182 e. The van der Waals surface area contributed by atoms with Gasteiger partial charge in [-0.25, -0.2) is 0 Å². The lowest BCUT2D eigenvalue weighted by Crippen LogP contribution is -2.31. The van der Waals surface area contributed by atoms with Gasteiger partial charge in [0, 0.05) is 0 Å². The van der Waals surface area contributed by atoms with Crippen molar-refractivity contribution in [3.8, 4) is 0 Å². The summed E-state index contributed by atoms with van der Waals surface area (Å²) in [5.41, 5.74) is 2.83. The molecule has 0 bridgehead atoms. The molecule has 0 radical (unpaired) electrons. The summed E-state index contributed by atoms with van der Waals surface area (Å²) in [5.74, 6) is 1.80. The highest BCUT2D eigenvalue weighted by molar-refractivity contribution is 6.81. The lowest BCUT2D eigenvalue weighted by Gasteiger charge is -2.37. The van der Waals surface area contributed by atoms with Crippen molar-refractivity contribution in [2.75, 3.05) is 0 Å². The maximum Gasteiger partial charge on any atom is 0.182 e. The minimum Gasteiger partial charge on any atom is -0.104 e. The summed E-state index contributed by atoms with van der Waals surface area (Å²) < 4.78 is 0. The molecule has 2 aliphatic carbocycles. The molecule has 2 fully saturated rings. The molecule has 2 saturated carbocycles. The molecule has 0 nitrogen and oxygen atoms in total. The van der Waals surface area contributed by atoms with Crippen LogP contribution in [0.1, 0.15) is 69.8 Å². The van der Waals surface area contributed by atoms with Gasteiger partial charge in [0.2, 0.25) is 0 Å². The summed E-state index contributed by atoms with van der Waals surface area (Å²) in [4.78, 5) is 0. The Morgan fingerprint density at radius 3 is 1.71 bits per heavy atom. The summed E-state index contributed by atoms with van der Waals surface area (Å²) in [7, 11) is 0. The molecule has 0 saturated heterocycles. The average Bonchev–Trinajstić information content (AvgIpc) is 2.58. The van der Waals surface area contributed by atoms with Crippen molar-refractivity contribution in [1.82, 2.24) is 0 Å². The van der Waals surface area contributed by atoms with Crippen LogP contribution in [0.3, 0.4) is 0 Å². The fraction of sp³-hybridized carbons (Fsp3) is 0.600. The molecular weight excluding hydrogens is 251 g/mol. The van der Waals surface area contributed by atoms with Crippen molar-refractivity contribution in [2.45, 2.75) is 75.8 Å². The van der Waals surface area contributed by atoms with Gasteiger partial charge in [-0.3, -0.25) is 0 Å². The molecule has 1 heteroatoms. The van der Waals surface area contributed by atoms with Crippen LogP contribution >= 0.6 is 0 Å². The van der Waals surface area contributed by atoms with Crippen molar-refractivity contribution >= 4 is 12.2 Å². The predicted molar refractivity (Wildman–Crippen MR) is 94.9 cm³/mol. The first-order chi connectivity index (χ1) is 10.4. The van der Waals surface area contributed by atoms with E-state index in [0.717, 1.165) is 18.3 Å². The highest BCUT2D eigenvalue weighted by atomic mass is 14.2. The molecule has 0 aliphatic heterocycles. The van der Waals surface area contributed by atoms with Crippen LogP contribution in [-0.4, -0.2) is 6.71 Å². The first-order valence-corrected chi connectivity index (χ1v) is 9.10. The van der Waals surface area contributed by atoms with E-state index in [4.69, 9.17) is 0 Å². The van der Waals surface area contributed by atoms with Gasteiger partial charge in [0.25, 0.3) is 0 Å². The maximum absolute atomic E-state index is 4.58. The summed E-state index contributed by atoms with van der Waals surface area (Å²) in [6.45, 7) is 5.32. The Balaban J connectivity index is 1.81. The highest BCUT2D eigenvalue weighted by Crippen LogP contribution is 2.45. The monoisotopic (exact) mass is 280 g/mol. The van der Waals surface area contributed by atoms with Crippen LogP contribution in [0.2, 0.25) is 11.6 Å². The van der Waals surface area contributed by atoms with Gasteiger partial charge in [-0.15, -0.1) is 6.58 Å². The van der Waals surface area contributed by atoms with E-state index in [1.807, 2.05) is 0 Å². The Labute approximate surface area is 131 Å². The molecule has 1 aromatic carbocycles. The van der Waals surface area contributed by atoms with Gasteiger partial charge in [0.05, 0.1) is 0 Å². The highest BCUT2D eigenvalue weighted by Gasteiger charge is 2.36. The Morgan fingerprint density at radius 1 is 0.762 bits per heavy atom. The second kappa shape index (κ2) is 7.34. The smallest absolute Gasteiger partial charge is 0.104 e. The van der Waals surface area contributed by atoms with Crippen LogP contribution < -0.4 is 0 Å². The SMILES string of the molecule is C=C(B(C1CCCCC1)C1CCCCC1)c1ccccc1. The standard InChI is InChI=1S/C20H29B/c1-17(18-11-5-2-6-12-18)21(19-13-7-3-8-14-19)20-15-9-4-10-16-20/h2,5-6,11-12,19-20H,1,3-4,7-10,13-16H2. The molecule has 21 heavy (non-hydrogen) atoms. The molecular formula is C20H29B. The molecule has 0 aromatic heterocycles. The van der Waals surface area contributed by atoms with E-state index in [9.17, 15) is 0 Å². The van der Waals surface area contributed by atoms with E-state index >= 15 is 0 Å². The van der Waals surface area contributed by atoms with E-state index in [2.05, 4.69) is 36.9 Å². The molecule has 2 aliphatic rings. The summed E-state index contributed by atoms with van der Waals surface area (Å²) in [6, 6.07) is 11.0. The first-order valence-electron chi connectivity index (χ1n) is 9.10. The van der Waals surface area contributed by atoms with E-state index in [-0.39, 0.29) is 0 Å². The minimum absolute atomic E-state index is 0.744. The number of benzene rings is 1. The van der Waals surface area contributed by atoms with Crippen LogP contribution in [0.4, 0.5) is 0 Å². The second-order valence-electron chi connectivity index (χ2n) is 7.21. The quantitative estimate of drug-likeness (QED) is 0.559. The fourth-order valence-electron chi connectivity index (χ4n) is 4.79. The van der Waals surface area contributed by atoms with Crippen LogP contribution in [0.15, 0.2) is 36.9 Å². The lowest BCUT2D eigenvalue weighted by atomic mass is 9.26. The lowest BCUT2D eigenvalue weighted by molar-refractivity contribution is 0.465. The molecule has 3 rings (SSSR count). The van der Waals surface area contributed by atoms with E-state index in [1.165, 1.54) is 75.2 Å². The molecule has 0 spiro atoms. The minimum atomic E-state index is 0.744. The fourth-order valence-corrected chi connectivity index (χ4v) is 4.79. The third-order valence-corrected chi connectivity index (χ3v) is 5.86. The Bertz CT molecular complexity index is 420. The van der Waals surface area contributed by atoms with Crippen molar-refractivity contribution in [3.63, 3.8) is 0 Å². The molecule has 0 unspecified atom stereocenters. The predicted octanol–water partition coefficient (Wildman–Crippen LogP) is 6.40. The van der Waals surface area contributed by atoms with Gasteiger partial charge in [-0.05, 0) is 5.56 Å². The van der Waals surface area contributed by atoms with Crippen LogP contribution in [0.25, 0.3) is 5.47 Å². The number of hydrogen-bond acceptors (Lipinski definition) is 0. The molecule has 0 N–H and O–H groups in total. The molecule has 1 aromatic rings. The van der Waals surface area contributed by atoms with Gasteiger partial charge in [0.15, 0.2) is 6.71 Å². The van der Waals surface area contributed by atoms with Gasteiger partial charge in [-0.1, -0.05) is 112 Å². The van der Waals surface area contributed by atoms with Crippen LogP contribution in [0, 0.1) is 0 Å². The van der Waals surface area contributed by atoms with E-state index in [1.54, 1.807) is 0 Å². The number of rotatable bonds is 4. The Kier molecular flexibility index (Phi) is 5.22. The Morgan fingerprint density at radius 2 is 1.24 bits per heavy atom. The molecule has 112 valence electrons. The molecule has 0 amide bonds. The van der Waals surface area contributed by atoms with Crippen LogP contribution in [0.5, 0.6) is 0 Å². The van der Waals surface area contributed by atoms with Gasteiger partial charge in [0.1, 0.15) is 0 Å². The molecule has 0 heterocycles. The van der Waals surface area contributed by atoms with Gasteiger partial charge in [-0.2, -0.15) is 0 Å². The molecule has 0 atom stereocenters. The van der Waals surface area contributed by atoms with Gasteiger partial charge < -0.3 is 0 Å². The van der Waals surface area contributed by atoms with Crippen molar-refractivity contribution in [3.05, 3.63) is 42.5 Å². The third-order valence-electron chi connectivity index (χ3n) is 5.86. The average molecular weight is 280 g/mol. The van der Waals surface area contributed by atoms with Crippen molar-refractivity contribution in [2.24, 2.45) is 0 Å². The zero-order chi connectivity index (χ0) is 14.5. The first kappa shape index (κ1) is 14.9. The number of hydrogen-bond donors (Lipinski definition) is 0.